The third kappa shape index (κ3) is 4.25. The molecule has 0 amide bonds. The van der Waals surface area contributed by atoms with Gasteiger partial charge in [0.1, 0.15) is 0 Å². The van der Waals surface area contributed by atoms with Gasteiger partial charge in [-0.2, -0.15) is 5.10 Å². The number of aromatic nitrogens is 5. The van der Waals surface area contributed by atoms with Crippen LogP contribution in [0.25, 0.3) is 33.6 Å². The molecule has 0 bridgehead atoms. The Hall–Kier alpha value is -3.09. The van der Waals surface area contributed by atoms with Crippen molar-refractivity contribution < 1.29 is 0 Å². The Morgan fingerprint density at radius 2 is 1.53 bits per heavy atom. The standard InChI is InChI=1S/C23H22N6.ClH/c1-2-18(17-4-8-24-9-5-17)12-19(3-1)23-26-13-20(14-27-23)21-15-28-29(16-21)22-6-10-25-11-7-22;/h1-5,8-9,12-16,22,25H,6-7,10-11H2;1H. The van der Waals surface area contributed by atoms with Gasteiger partial charge >= 0.3 is 0 Å². The summed E-state index contributed by atoms with van der Waals surface area (Å²) in [6.07, 6.45) is 13.6. The van der Waals surface area contributed by atoms with Crippen molar-refractivity contribution in [3.05, 3.63) is 73.6 Å². The molecule has 152 valence electrons. The lowest BCUT2D eigenvalue weighted by Crippen LogP contribution is -2.29. The second-order valence-corrected chi connectivity index (χ2v) is 7.30. The molecule has 1 aliphatic heterocycles. The van der Waals surface area contributed by atoms with E-state index in [0.29, 0.717) is 6.04 Å². The summed E-state index contributed by atoms with van der Waals surface area (Å²) in [5.74, 6) is 0.718. The van der Waals surface area contributed by atoms with Crippen molar-refractivity contribution in [3.63, 3.8) is 0 Å². The number of hydrogen-bond acceptors (Lipinski definition) is 5. The zero-order valence-electron chi connectivity index (χ0n) is 16.5. The van der Waals surface area contributed by atoms with E-state index >= 15 is 0 Å². The van der Waals surface area contributed by atoms with Gasteiger partial charge < -0.3 is 5.32 Å². The van der Waals surface area contributed by atoms with E-state index in [1.165, 1.54) is 0 Å². The summed E-state index contributed by atoms with van der Waals surface area (Å²) < 4.78 is 2.09. The van der Waals surface area contributed by atoms with Crippen LogP contribution in [0.4, 0.5) is 0 Å². The molecule has 0 saturated carbocycles. The molecule has 5 rings (SSSR count). The van der Waals surface area contributed by atoms with Gasteiger partial charge in [0.25, 0.3) is 0 Å². The van der Waals surface area contributed by atoms with Crippen LogP contribution in [0.1, 0.15) is 18.9 Å². The molecule has 0 atom stereocenters. The highest BCUT2D eigenvalue weighted by molar-refractivity contribution is 5.85. The molecule has 1 N–H and O–H groups in total. The lowest BCUT2D eigenvalue weighted by Gasteiger charge is -2.22. The Balaban J connectivity index is 0.00000218. The molecule has 3 aromatic heterocycles. The number of hydrogen-bond donors (Lipinski definition) is 1. The van der Waals surface area contributed by atoms with Gasteiger partial charge in [-0.25, -0.2) is 9.97 Å². The Morgan fingerprint density at radius 3 is 2.30 bits per heavy atom. The van der Waals surface area contributed by atoms with Gasteiger partial charge in [0.2, 0.25) is 0 Å². The molecular weight excluding hydrogens is 396 g/mol. The van der Waals surface area contributed by atoms with Gasteiger partial charge in [-0.3, -0.25) is 9.67 Å². The number of rotatable bonds is 4. The van der Waals surface area contributed by atoms with Crippen LogP contribution < -0.4 is 5.32 Å². The van der Waals surface area contributed by atoms with E-state index in [1.54, 1.807) is 12.4 Å². The quantitative estimate of drug-likeness (QED) is 0.531. The number of piperidine rings is 1. The molecule has 1 aliphatic rings. The maximum atomic E-state index is 4.61. The summed E-state index contributed by atoms with van der Waals surface area (Å²) in [7, 11) is 0. The van der Waals surface area contributed by atoms with Crippen molar-refractivity contribution in [3.8, 4) is 33.6 Å². The lowest BCUT2D eigenvalue weighted by atomic mass is 10.0. The summed E-state index contributed by atoms with van der Waals surface area (Å²) in [4.78, 5) is 13.3. The molecule has 0 aliphatic carbocycles. The van der Waals surface area contributed by atoms with E-state index in [9.17, 15) is 0 Å². The summed E-state index contributed by atoms with van der Waals surface area (Å²) in [5, 5.41) is 7.97. The second kappa shape index (κ2) is 9.15. The fourth-order valence-electron chi connectivity index (χ4n) is 3.77. The van der Waals surface area contributed by atoms with Gasteiger partial charge in [-0.05, 0) is 55.3 Å². The highest BCUT2D eigenvalue weighted by atomic mass is 35.5. The third-order valence-electron chi connectivity index (χ3n) is 5.40. The van der Waals surface area contributed by atoms with Crippen molar-refractivity contribution in [2.45, 2.75) is 18.9 Å². The first-order chi connectivity index (χ1) is 14.4. The van der Waals surface area contributed by atoms with Crippen molar-refractivity contribution in [1.29, 1.82) is 0 Å². The molecule has 1 saturated heterocycles. The van der Waals surface area contributed by atoms with E-state index in [2.05, 4.69) is 48.4 Å². The smallest absolute Gasteiger partial charge is 0.159 e. The fourth-order valence-corrected chi connectivity index (χ4v) is 3.77. The van der Waals surface area contributed by atoms with Crippen LogP contribution >= 0.6 is 12.4 Å². The minimum absolute atomic E-state index is 0. The first kappa shape index (κ1) is 20.2. The summed E-state index contributed by atoms with van der Waals surface area (Å²) >= 11 is 0. The molecule has 4 aromatic rings. The predicted molar refractivity (Wildman–Crippen MR) is 120 cm³/mol. The van der Waals surface area contributed by atoms with Crippen LogP contribution in [0.5, 0.6) is 0 Å². The number of pyridine rings is 1. The second-order valence-electron chi connectivity index (χ2n) is 7.30. The summed E-state index contributed by atoms with van der Waals surface area (Å²) in [6, 6.07) is 12.7. The monoisotopic (exact) mass is 418 g/mol. The molecular formula is C23H23ClN6. The van der Waals surface area contributed by atoms with E-state index in [1.807, 2.05) is 42.9 Å². The highest BCUT2D eigenvalue weighted by Crippen LogP contribution is 2.26. The third-order valence-corrected chi connectivity index (χ3v) is 5.40. The molecule has 0 spiro atoms. The summed E-state index contributed by atoms with van der Waals surface area (Å²) in [6.45, 7) is 2.10. The Labute approximate surface area is 181 Å². The van der Waals surface area contributed by atoms with Gasteiger partial charge in [-0.15, -0.1) is 12.4 Å². The molecule has 1 aromatic carbocycles. The van der Waals surface area contributed by atoms with Crippen LogP contribution in [-0.2, 0) is 0 Å². The molecule has 6 nitrogen and oxygen atoms in total. The summed E-state index contributed by atoms with van der Waals surface area (Å²) in [5.41, 5.74) is 5.29. The Kier molecular flexibility index (Phi) is 6.16. The first-order valence-corrected chi connectivity index (χ1v) is 9.95. The maximum absolute atomic E-state index is 4.61. The zero-order chi connectivity index (χ0) is 19.5. The predicted octanol–water partition coefficient (Wildman–Crippen LogP) is 4.42. The van der Waals surface area contributed by atoms with E-state index in [4.69, 9.17) is 0 Å². The molecule has 4 heterocycles. The Bertz CT molecular complexity index is 1090. The van der Waals surface area contributed by atoms with Gasteiger partial charge in [0, 0.05) is 47.7 Å². The number of nitrogens with one attached hydrogen (secondary N) is 1. The van der Waals surface area contributed by atoms with Crippen LogP contribution in [0.2, 0.25) is 0 Å². The normalized spacial score (nSPS) is 14.3. The molecule has 7 heteroatoms. The molecule has 0 radical (unpaired) electrons. The maximum Gasteiger partial charge on any atom is 0.159 e. The fraction of sp³-hybridized carbons (Fsp3) is 0.217. The Morgan fingerprint density at radius 1 is 0.800 bits per heavy atom. The largest absolute Gasteiger partial charge is 0.317 e. The van der Waals surface area contributed by atoms with Crippen molar-refractivity contribution >= 4 is 12.4 Å². The van der Waals surface area contributed by atoms with Crippen molar-refractivity contribution in [2.75, 3.05) is 13.1 Å². The average molecular weight is 419 g/mol. The van der Waals surface area contributed by atoms with Crippen LogP contribution in [0, 0.1) is 0 Å². The lowest BCUT2D eigenvalue weighted by molar-refractivity contribution is 0.343. The van der Waals surface area contributed by atoms with Crippen LogP contribution in [-0.4, -0.2) is 37.8 Å². The molecule has 1 fully saturated rings. The SMILES string of the molecule is Cl.c1cc(-c2ccncc2)cc(-c2ncc(-c3cnn(C4CCNCC4)c3)cn2)c1. The minimum atomic E-state index is 0. The molecule has 30 heavy (non-hydrogen) atoms. The van der Waals surface area contributed by atoms with E-state index < -0.39 is 0 Å². The van der Waals surface area contributed by atoms with Gasteiger partial charge in [-0.1, -0.05) is 18.2 Å². The van der Waals surface area contributed by atoms with Crippen molar-refractivity contribution in [1.82, 2.24) is 30.0 Å². The first-order valence-electron chi connectivity index (χ1n) is 9.95. The zero-order valence-corrected chi connectivity index (χ0v) is 17.3. The molecule has 0 unspecified atom stereocenters. The average Bonchev–Trinajstić information content (AvgIpc) is 3.31. The minimum Gasteiger partial charge on any atom is -0.317 e. The number of benzene rings is 1. The number of halogens is 1. The van der Waals surface area contributed by atoms with Gasteiger partial charge in [0.15, 0.2) is 5.82 Å². The number of nitrogens with zero attached hydrogens (tertiary/aromatic N) is 5. The van der Waals surface area contributed by atoms with Crippen LogP contribution in [0.15, 0.2) is 73.6 Å². The highest BCUT2D eigenvalue weighted by Gasteiger charge is 2.16. The van der Waals surface area contributed by atoms with Crippen LogP contribution in [0.3, 0.4) is 0 Å². The van der Waals surface area contributed by atoms with Crippen molar-refractivity contribution in [2.24, 2.45) is 0 Å². The topological polar surface area (TPSA) is 68.5 Å². The van der Waals surface area contributed by atoms with Gasteiger partial charge in [0.05, 0.1) is 12.2 Å². The van der Waals surface area contributed by atoms with E-state index in [0.717, 1.165) is 59.6 Å². The van der Waals surface area contributed by atoms with E-state index in [-0.39, 0.29) is 12.4 Å².